The summed E-state index contributed by atoms with van der Waals surface area (Å²) in [6.07, 6.45) is 1.31. The monoisotopic (exact) mass is 355 g/mol. The Bertz CT molecular complexity index is 878. The van der Waals surface area contributed by atoms with Gasteiger partial charge in [0.25, 0.3) is 0 Å². The standard InChI is InChI=1S/C19H18FN3OS/c1-2-5-18(24)21-15-8-3-6-13(10-15)17-12-25-19(23-17)22-16-9-4-7-14(20)11-16/h3-4,6-12H,2,5H2,1H3,(H,21,24)(H,22,23). The molecule has 0 fully saturated rings. The second kappa shape index (κ2) is 7.90. The zero-order valence-corrected chi connectivity index (χ0v) is 14.6. The predicted octanol–water partition coefficient (Wildman–Crippen LogP) is 5.43. The summed E-state index contributed by atoms with van der Waals surface area (Å²) >= 11 is 1.44. The number of hydrogen-bond acceptors (Lipinski definition) is 4. The Hall–Kier alpha value is -2.73. The van der Waals surface area contributed by atoms with E-state index < -0.39 is 0 Å². The average molecular weight is 355 g/mol. The lowest BCUT2D eigenvalue weighted by Crippen LogP contribution is -2.10. The minimum Gasteiger partial charge on any atom is -0.331 e. The lowest BCUT2D eigenvalue weighted by atomic mass is 10.1. The number of aromatic nitrogens is 1. The first-order valence-corrected chi connectivity index (χ1v) is 8.90. The van der Waals surface area contributed by atoms with Gasteiger partial charge in [0.15, 0.2) is 5.13 Å². The lowest BCUT2D eigenvalue weighted by Gasteiger charge is -2.06. The topological polar surface area (TPSA) is 54.0 Å². The van der Waals surface area contributed by atoms with Crippen LogP contribution in [-0.4, -0.2) is 10.9 Å². The Kier molecular flexibility index (Phi) is 5.40. The molecule has 3 aromatic rings. The molecule has 0 aliphatic heterocycles. The molecule has 0 bridgehead atoms. The Balaban J connectivity index is 1.74. The number of halogens is 1. The molecule has 6 heteroatoms. The van der Waals surface area contributed by atoms with Crippen LogP contribution >= 0.6 is 11.3 Å². The summed E-state index contributed by atoms with van der Waals surface area (Å²) in [6.45, 7) is 1.97. The number of carbonyl (C=O) groups is 1. The number of carbonyl (C=O) groups excluding carboxylic acids is 1. The molecule has 2 aromatic carbocycles. The molecule has 0 spiro atoms. The van der Waals surface area contributed by atoms with Crippen molar-refractivity contribution in [2.45, 2.75) is 19.8 Å². The molecule has 1 aromatic heterocycles. The second-order valence-corrected chi connectivity index (χ2v) is 6.41. The van der Waals surface area contributed by atoms with Crippen LogP contribution in [0.2, 0.25) is 0 Å². The summed E-state index contributed by atoms with van der Waals surface area (Å²) in [5.41, 5.74) is 3.12. The number of nitrogens with one attached hydrogen (secondary N) is 2. The molecule has 1 amide bonds. The number of amides is 1. The number of benzene rings is 2. The average Bonchev–Trinajstić information content (AvgIpc) is 3.04. The molecule has 0 saturated carbocycles. The van der Waals surface area contributed by atoms with Gasteiger partial charge in [-0.05, 0) is 36.8 Å². The lowest BCUT2D eigenvalue weighted by molar-refractivity contribution is -0.116. The van der Waals surface area contributed by atoms with E-state index in [0.717, 1.165) is 23.4 Å². The highest BCUT2D eigenvalue weighted by atomic mass is 32.1. The molecule has 0 radical (unpaired) electrons. The zero-order valence-electron chi connectivity index (χ0n) is 13.8. The first-order valence-electron chi connectivity index (χ1n) is 8.02. The van der Waals surface area contributed by atoms with Crippen molar-refractivity contribution in [3.05, 3.63) is 59.7 Å². The summed E-state index contributed by atoms with van der Waals surface area (Å²) in [4.78, 5) is 16.3. The van der Waals surface area contributed by atoms with E-state index in [2.05, 4.69) is 15.6 Å². The highest BCUT2D eigenvalue weighted by Gasteiger charge is 2.07. The third kappa shape index (κ3) is 4.64. The first kappa shape index (κ1) is 17.1. The van der Waals surface area contributed by atoms with E-state index in [0.29, 0.717) is 17.2 Å². The van der Waals surface area contributed by atoms with Crippen LogP contribution < -0.4 is 10.6 Å². The Labute approximate surface area is 149 Å². The van der Waals surface area contributed by atoms with Gasteiger partial charge in [-0.1, -0.05) is 25.1 Å². The maximum atomic E-state index is 13.3. The SMILES string of the molecule is CCCC(=O)Nc1cccc(-c2csc(Nc3cccc(F)c3)n2)c1. The van der Waals surface area contributed by atoms with Crippen molar-refractivity contribution < 1.29 is 9.18 Å². The minimum absolute atomic E-state index is 0.00591. The van der Waals surface area contributed by atoms with Crippen molar-refractivity contribution in [2.75, 3.05) is 10.6 Å². The quantitative estimate of drug-likeness (QED) is 0.620. The number of rotatable bonds is 6. The molecule has 2 N–H and O–H groups in total. The van der Waals surface area contributed by atoms with E-state index >= 15 is 0 Å². The van der Waals surface area contributed by atoms with E-state index in [1.54, 1.807) is 12.1 Å². The molecule has 25 heavy (non-hydrogen) atoms. The predicted molar refractivity (Wildman–Crippen MR) is 101 cm³/mol. The summed E-state index contributed by atoms with van der Waals surface area (Å²) < 4.78 is 13.3. The van der Waals surface area contributed by atoms with Crippen molar-refractivity contribution in [3.63, 3.8) is 0 Å². The smallest absolute Gasteiger partial charge is 0.224 e. The van der Waals surface area contributed by atoms with Gasteiger partial charge in [0, 0.05) is 28.7 Å². The fourth-order valence-corrected chi connectivity index (χ4v) is 3.10. The van der Waals surface area contributed by atoms with Gasteiger partial charge < -0.3 is 10.6 Å². The Morgan fingerprint density at radius 1 is 1.16 bits per heavy atom. The Morgan fingerprint density at radius 2 is 1.96 bits per heavy atom. The van der Waals surface area contributed by atoms with Gasteiger partial charge in [-0.15, -0.1) is 11.3 Å². The zero-order chi connectivity index (χ0) is 17.6. The van der Waals surface area contributed by atoms with E-state index in [9.17, 15) is 9.18 Å². The molecule has 128 valence electrons. The van der Waals surface area contributed by atoms with Crippen molar-refractivity contribution in [2.24, 2.45) is 0 Å². The molecule has 0 aliphatic rings. The molecule has 0 unspecified atom stereocenters. The molecular weight excluding hydrogens is 337 g/mol. The minimum atomic E-state index is -0.294. The number of nitrogens with zero attached hydrogens (tertiary/aromatic N) is 1. The molecular formula is C19H18FN3OS. The maximum Gasteiger partial charge on any atom is 0.224 e. The Morgan fingerprint density at radius 3 is 2.76 bits per heavy atom. The highest BCUT2D eigenvalue weighted by molar-refractivity contribution is 7.14. The van der Waals surface area contributed by atoms with E-state index in [1.807, 2.05) is 36.6 Å². The summed E-state index contributed by atoms with van der Waals surface area (Å²) in [7, 11) is 0. The van der Waals surface area contributed by atoms with Gasteiger partial charge in [0.05, 0.1) is 5.69 Å². The van der Waals surface area contributed by atoms with Gasteiger partial charge >= 0.3 is 0 Å². The van der Waals surface area contributed by atoms with Crippen LogP contribution in [0.3, 0.4) is 0 Å². The summed E-state index contributed by atoms with van der Waals surface area (Å²) in [6, 6.07) is 13.8. The number of thiazole rings is 1. The molecule has 0 atom stereocenters. The maximum absolute atomic E-state index is 13.3. The van der Waals surface area contributed by atoms with Crippen LogP contribution in [0.1, 0.15) is 19.8 Å². The fraction of sp³-hybridized carbons (Fsp3) is 0.158. The van der Waals surface area contributed by atoms with Crippen LogP contribution in [0, 0.1) is 5.82 Å². The van der Waals surface area contributed by atoms with Crippen molar-refractivity contribution in [3.8, 4) is 11.3 Å². The second-order valence-electron chi connectivity index (χ2n) is 5.55. The normalized spacial score (nSPS) is 10.5. The van der Waals surface area contributed by atoms with Gasteiger partial charge in [-0.3, -0.25) is 4.79 Å². The van der Waals surface area contributed by atoms with Crippen molar-refractivity contribution >= 4 is 33.8 Å². The van der Waals surface area contributed by atoms with Crippen LogP contribution in [0.25, 0.3) is 11.3 Å². The third-order valence-corrected chi connectivity index (χ3v) is 4.26. The van der Waals surface area contributed by atoms with Crippen LogP contribution in [-0.2, 0) is 4.79 Å². The molecule has 4 nitrogen and oxygen atoms in total. The number of hydrogen-bond donors (Lipinski definition) is 2. The van der Waals surface area contributed by atoms with Crippen molar-refractivity contribution in [1.82, 2.24) is 4.98 Å². The van der Waals surface area contributed by atoms with E-state index in [1.165, 1.54) is 23.5 Å². The van der Waals surface area contributed by atoms with Crippen LogP contribution in [0.4, 0.5) is 20.9 Å². The van der Waals surface area contributed by atoms with Crippen molar-refractivity contribution in [1.29, 1.82) is 0 Å². The number of anilines is 3. The molecule has 1 heterocycles. The van der Waals surface area contributed by atoms with E-state index in [-0.39, 0.29) is 11.7 Å². The first-order chi connectivity index (χ1) is 12.1. The van der Waals surface area contributed by atoms with E-state index in [4.69, 9.17) is 0 Å². The van der Waals surface area contributed by atoms with Gasteiger partial charge in [0.2, 0.25) is 5.91 Å². The molecule has 0 saturated heterocycles. The van der Waals surface area contributed by atoms with Gasteiger partial charge in [0.1, 0.15) is 5.82 Å². The molecule has 3 rings (SSSR count). The van der Waals surface area contributed by atoms with Gasteiger partial charge in [-0.2, -0.15) is 0 Å². The third-order valence-electron chi connectivity index (χ3n) is 3.50. The fourth-order valence-electron chi connectivity index (χ4n) is 2.36. The summed E-state index contributed by atoms with van der Waals surface area (Å²) in [5.74, 6) is -0.288. The molecule has 0 aliphatic carbocycles. The van der Waals surface area contributed by atoms with Gasteiger partial charge in [-0.25, -0.2) is 9.37 Å². The van der Waals surface area contributed by atoms with Crippen LogP contribution in [0.5, 0.6) is 0 Å². The largest absolute Gasteiger partial charge is 0.331 e. The highest BCUT2D eigenvalue weighted by Crippen LogP contribution is 2.28. The summed E-state index contributed by atoms with van der Waals surface area (Å²) in [5, 5.41) is 8.59. The van der Waals surface area contributed by atoms with Crippen LogP contribution in [0.15, 0.2) is 53.9 Å².